The number of rotatable bonds is 6. The van der Waals surface area contributed by atoms with Crippen molar-refractivity contribution in [3.05, 3.63) is 21.7 Å². The molecule has 1 amide bonds. The van der Waals surface area contributed by atoms with Crippen molar-refractivity contribution in [2.45, 2.75) is 52.6 Å². The van der Waals surface area contributed by atoms with Crippen LogP contribution in [0, 0.1) is 0 Å². The van der Waals surface area contributed by atoms with E-state index >= 15 is 0 Å². The molecule has 0 fully saturated rings. The number of carbonyl (C=O) groups is 1. The number of nitrogens with one attached hydrogen (secondary N) is 1. The van der Waals surface area contributed by atoms with Crippen LogP contribution in [-0.2, 0) is 24.3 Å². The second kappa shape index (κ2) is 6.84. The van der Waals surface area contributed by atoms with Crippen LogP contribution >= 0.6 is 15.9 Å². The third-order valence-electron chi connectivity index (χ3n) is 3.97. The summed E-state index contributed by atoms with van der Waals surface area (Å²) in [7, 11) is 0. The third kappa shape index (κ3) is 3.00. The Hall–Kier alpha value is -2.03. The Morgan fingerprint density at radius 2 is 2.12 bits per heavy atom. The van der Waals surface area contributed by atoms with Gasteiger partial charge in [0.2, 0.25) is 11.7 Å². The highest BCUT2D eigenvalue weighted by atomic mass is 79.9. The average Bonchev–Trinajstić information content (AvgIpc) is 3.12. The fourth-order valence-corrected chi connectivity index (χ4v) is 3.25. The van der Waals surface area contributed by atoms with E-state index in [-0.39, 0.29) is 18.0 Å². The molecule has 0 unspecified atom stereocenters. The van der Waals surface area contributed by atoms with E-state index in [2.05, 4.69) is 43.4 Å². The summed E-state index contributed by atoms with van der Waals surface area (Å²) in [5.41, 5.74) is 0.463. The summed E-state index contributed by atoms with van der Waals surface area (Å²) in [5, 5.41) is 10.9. The molecule has 1 aliphatic heterocycles. The molecule has 3 rings (SSSR count). The number of aryl methyl sites for hydroxylation is 1. The van der Waals surface area contributed by atoms with Gasteiger partial charge in [-0.2, -0.15) is 0 Å². The first-order valence-electron chi connectivity index (χ1n) is 8.00. The number of aromatic nitrogens is 4. The molecule has 2 aromatic heterocycles. The van der Waals surface area contributed by atoms with Crippen molar-refractivity contribution >= 4 is 38.1 Å². The summed E-state index contributed by atoms with van der Waals surface area (Å²) < 4.78 is 4.18. The second-order valence-corrected chi connectivity index (χ2v) is 6.71. The molecule has 0 saturated carbocycles. The molecule has 2 aromatic rings. The predicted octanol–water partition coefficient (Wildman–Crippen LogP) is 1.70. The van der Waals surface area contributed by atoms with Crippen LogP contribution in [-0.4, -0.2) is 29.7 Å². The lowest BCUT2D eigenvalue weighted by atomic mass is 10.2. The van der Waals surface area contributed by atoms with Gasteiger partial charge in [0, 0.05) is 19.9 Å². The van der Waals surface area contributed by atoms with Crippen molar-refractivity contribution in [2.24, 2.45) is 4.99 Å². The molecule has 24 heavy (non-hydrogen) atoms. The Morgan fingerprint density at radius 1 is 1.33 bits per heavy atom. The number of nitrogens with zero attached hydrogens (tertiary/aromatic N) is 5. The Morgan fingerprint density at radius 3 is 2.83 bits per heavy atom. The zero-order valence-electron chi connectivity index (χ0n) is 13.7. The molecule has 9 heteroatoms. The number of unbranched alkanes of at least 4 members (excludes halogenated alkanes) is 2. The fraction of sp³-hybridized carbons (Fsp3) is 0.533. The van der Waals surface area contributed by atoms with E-state index in [4.69, 9.17) is 0 Å². The molecule has 0 radical (unpaired) electrons. The van der Waals surface area contributed by atoms with Crippen LogP contribution in [0.4, 0.5) is 5.82 Å². The Labute approximate surface area is 147 Å². The molecule has 1 N–H and O–H groups in total. The maximum Gasteiger partial charge on any atom is 0.266 e. The lowest BCUT2D eigenvalue weighted by Gasteiger charge is -2.12. The van der Waals surface area contributed by atoms with Gasteiger partial charge in [-0.15, -0.1) is 10.2 Å². The van der Waals surface area contributed by atoms with Gasteiger partial charge in [0.25, 0.3) is 5.56 Å². The number of carbonyl (C=O) groups excluding carboxylic acids is 1. The van der Waals surface area contributed by atoms with E-state index < -0.39 is 0 Å². The minimum absolute atomic E-state index is 0.168. The standard InChI is InChI=1S/C15H19BrN6O2/c1-3-4-5-6-21-13-10(7-11(16)18-13)14(24)22-12(8-17-9(2)23)19-20-15(21)22/h3-8H2,1-2H3,(H,17,23). The number of amides is 1. The van der Waals surface area contributed by atoms with Gasteiger partial charge in [0.05, 0.1) is 16.7 Å². The van der Waals surface area contributed by atoms with Crippen LogP contribution in [0.2, 0.25) is 0 Å². The monoisotopic (exact) mass is 394 g/mol. The molecule has 0 spiro atoms. The normalized spacial score (nSPS) is 13.2. The number of hydrogen-bond acceptors (Lipinski definition) is 5. The van der Waals surface area contributed by atoms with Crippen LogP contribution in [0.3, 0.4) is 0 Å². The molecule has 8 nitrogen and oxygen atoms in total. The van der Waals surface area contributed by atoms with E-state index in [0.717, 1.165) is 30.4 Å². The molecule has 128 valence electrons. The van der Waals surface area contributed by atoms with Crippen molar-refractivity contribution < 1.29 is 4.79 Å². The van der Waals surface area contributed by atoms with Crippen molar-refractivity contribution in [3.8, 4) is 0 Å². The van der Waals surface area contributed by atoms with E-state index in [0.29, 0.717) is 29.4 Å². The highest BCUT2D eigenvalue weighted by Gasteiger charge is 2.25. The Bertz CT molecular complexity index is 882. The first-order chi connectivity index (χ1) is 11.5. The van der Waals surface area contributed by atoms with E-state index in [1.54, 1.807) is 0 Å². The smallest absolute Gasteiger partial charge is 0.266 e. The van der Waals surface area contributed by atoms with Crippen LogP contribution in [0.1, 0.15) is 44.5 Å². The lowest BCUT2D eigenvalue weighted by Crippen LogP contribution is -2.27. The van der Waals surface area contributed by atoms with Crippen molar-refractivity contribution in [1.82, 2.24) is 24.5 Å². The van der Waals surface area contributed by atoms with Crippen LogP contribution in [0.15, 0.2) is 9.79 Å². The van der Waals surface area contributed by atoms with Gasteiger partial charge in [0.1, 0.15) is 5.82 Å². The molecular formula is C15H19BrN6O2. The maximum atomic E-state index is 12.8. The summed E-state index contributed by atoms with van der Waals surface area (Å²) in [6.45, 7) is 4.46. The fourth-order valence-electron chi connectivity index (χ4n) is 2.80. The quantitative estimate of drug-likeness (QED) is 0.754. The molecule has 3 heterocycles. The van der Waals surface area contributed by atoms with E-state index in [1.807, 2.05) is 4.57 Å². The number of halogens is 1. The minimum Gasteiger partial charge on any atom is -0.349 e. The van der Waals surface area contributed by atoms with Gasteiger partial charge in [0.15, 0.2) is 5.82 Å². The summed E-state index contributed by atoms with van der Waals surface area (Å²) in [4.78, 5) is 28.5. The molecule has 0 saturated heterocycles. The summed E-state index contributed by atoms with van der Waals surface area (Å²) in [6, 6.07) is 0. The zero-order chi connectivity index (χ0) is 17.3. The van der Waals surface area contributed by atoms with Crippen LogP contribution in [0.5, 0.6) is 0 Å². The zero-order valence-corrected chi connectivity index (χ0v) is 15.3. The number of hydrogen-bond donors (Lipinski definition) is 1. The largest absolute Gasteiger partial charge is 0.349 e. The average molecular weight is 395 g/mol. The van der Waals surface area contributed by atoms with E-state index in [1.165, 1.54) is 11.3 Å². The van der Waals surface area contributed by atoms with Gasteiger partial charge in [-0.05, 0) is 22.4 Å². The Balaban J connectivity index is 2.12. The first-order valence-corrected chi connectivity index (χ1v) is 8.79. The highest BCUT2D eigenvalue weighted by Crippen LogP contribution is 2.28. The van der Waals surface area contributed by atoms with Gasteiger partial charge in [-0.25, -0.2) is 9.39 Å². The molecule has 1 aliphatic rings. The van der Waals surface area contributed by atoms with Crippen molar-refractivity contribution in [2.75, 3.05) is 0 Å². The van der Waals surface area contributed by atoms with Gasteiger partial charge < -0.3 is 5.32 Å². The molecular weight excluding hydrogens is 376 g/mol. The molecule has 0 aliphatic carbocycles. The van der Waals surface area contributed by atoms with Crippen molar-refractivity contribution in [1.29, 1.82) is 0 Å². The van der Waals surface area contributed by atoms with E-state index in [9.17, 15) is 9.59 Å². The van der Waals surface area contributed by atoms with Gasteiger partial charge >= 0.3 is 0 Å². The minimum atomic E-state index is -0.178. The topological polar surface area (TPSA) is 93.7 Å². The second-order valence-electron chi connectivity index (χ2n) is 5.79. The maximum absolute atomic E-state index is 12.8. The van der Waals surface area contributed by atoms with Crippen LogP contribution in [0.25, 0.3) is 5.78 Å². The highest BCUT2D eigenvalue weighted by molar-refractivity contribution is 9.18. The summed E-state index contributed by atoms with van der Waals surface area (Å²) in [6.07, 6.45) is 3.63. The van der Waals surface area contributed by atoms with Gasteiger partial charge in [-0.3, -0.25) is 14.2 Å². The Kier molecular flexibility index (Phi) is 4.79. The number of fused-ring (bicyclic) bond motifs is 2. The van der Waals surface area contributed by atoms with Crippen molar-refractivity contribution in [3.63, 3.8) is 0 Å². The number of aliphatic imine (C=N–C) groups is 1. The predicted molar refractivity (Wildman–Crippen MR) is 94.0 cm³/mol. The first kappa shape index (κ1) is 16.8. The van der Waals surface area contributed by atoms with Crippen LogP contribution < -0.4 is 10.9 Å². The molecule has 0 aromatic carbocycles. The van der Waals surface area contributed by atoms with Gasteiger partial charge in [-0.1, -0.05) is 19.8 Å². The molecule has 0 bridgehead atoms. The summed E-state index contributed by atoms with van der Waals surface area (Å²) in [5.74, 6) is 1.39. The third-order valence-corrected chi connectivity index (χ3v) is 4.43. The lowest BCUT2D eigenvalue weighted by molar-refractivity contribution is -0.119. The SMILES string of the molecule is CCCCCn1c2c(c(=O)n3c(CNC(C)=O)nnc13)CC(Br)=N2. The summed E-state index contributed by atoms with van der Waals surface area (Å²) >= 11 is 3.39. The molecule has 0 atom stereocenters.